The Morgan fingerprint density at radius 2 is 1.85 bits per heavy atom. The molecule has 2 aromatic heterocycles. The predicted octanol–water partition coefficient (Wildman–Crippen LogP) is 3.03. The maximum absolute atomic E-state index is 12.9. The molecule has 0 aliphatic carbocycles. The molecular weight excluding hydrogens is 466 g/mol. The molecular formula is C22H26ClN5O4S. The summed E-state index contributed by atoms with van der Waals surface area (Å²) in [7, 11) is 4.45. The molecule has 2 heterocycles. The van der Waals surface area contributed by atoms with Gasteiger partial charge in [-0.15, -0.1) is 0 Å². The summed E-state index contributed by atoms with van der Waals surface area (Å²) < 4.78 is 7.63. The van der Waals surface area contributed by atoms with Gasteiger partial charge in [0, 0.05) is 30.6 Å². The van der Waals surface area contributed by atoms with Crippen LogP contribution < -0.4 is 21.3 Å². The van der Waals surface area contributed by atoms with Crippen molar-refractivity contribution in [3.63, 3.8) is 0 Å². The van der Waals surface area contributed by atoms with Crippen LogP contribution in [0.15, 0.2) is 26.7 Å². The number of fused-ring (bicyclic) bond motifs is 1. The van der Waals surface area contributed by atoms with Crippen LogP contribution in [0.2, 0.25) is 5.02 Å². The Bertz CT molecular complexity index is 1370. The van der Waals surface area contributed by atoms with Gasteiger partial charge in [0.1, 0.15) is 22.0 Å². The number of benzene rings is 1. The maximum atomic E-state index is 12.9. The van der Waals surface area contributed by atoms with Gasteiger partial charge in [0.05, 0.1) is 18.6 Å². The topological polar surface area (TPSA) is 108 Å². The number of anilines is 1. The van der Waals surface area contributed by atoms with Crippen LogP contribution in [-0.2, 0) is 24.3 Å². The SMILES string of the molecule is COc1cc(Cl)c(C)cc1NC(=O)CSc1nc(C(C)(C)C)nc2c1c(=O)n(C)c(=O)n2C. The first-order valence-electron chi connectivity index (χ1n) is 10.1. The molecule has 0 saturated carbocycles. The number of halogens is 1. The number of rotatable bonds is 5. The average Bonchev–Trinajstić information content (AvgIpc) is 2.75. The van der Waals surface area contributed by atoms with Gasteiger partial charge in [0.2, 0.25) is 5.91 Å². The summed E-state index contributed by atoms with van der Waals surface area (Å²) in [5, 5.41) is 3.89. The highest BCUT2D eigenvalue weighted by molar-refractivity contribution is 8.00. The zero-order valence-electron chi connectivity index (χ0n) is 19.6. The number of methoxy groups -OCH3 is 1. The van der Waals surface area contributed by atoms with E-state index in [9.17, 15) is 14.4 Å². The number of aryl methyl sites for hydroxylation is 2. The number of hydrogen-bond donors (Lipinski definition) is 1. The minimum Gasteiger partial charge on any atom is -0.495 e. The van der Waals surface area contributed by atoms with Crippen molar-refractivity contribution in [3.05, 3.63) is 49.4 Å². The van der Waals surface area contributed by atoms with E-state index in [4.69, 9.17) is 16.3 Å². The number of nitrogens with one attached hydrogen (secondary N) is 1. The van der Waals surface area contributed by atoms with Crippen molar-refractivity contribution in [3.8, 4) is 5.75 Å². The minimum absolute atomic E-state index is 0.0213. The van der Waals surface area contributed by atoms with Gasteiger partial charge in [-0.25, -0.2) is 14.8 Å². The van der Waals surface area contributed by atoms with Gasteiger partial charge in [0.25, 0.3) is 5.56 Å². The molecule has 3 rings (SSSR count). The van der Waals surface area contributed by atoms with Crippen LogP contribution in [0.5, 0.6) is 5.75 Å². The smallest absolute Gasteiger partial charge is 0.332 e. The molecule has 1 aromatic carbocycles. The van der Waals surface area contributed by atoms with E-state index in [0.717, 1.165) is 21.9 Å². The summed E-state index contributed by atoms with van der Waals surface area (Å²) in [6, 6.07) is 3.37. The van der Waals surface area contributed by atoms with Crippen molar-refractivity contribution < 1.29 is 9.53 Å². The molecule has 1 N–H and O–H groups in total. The molecule has 33 heavy (non-hydrogen) atoms. The van der Waals surface area contributed by atoms with Crippen molar-refractivity contribution >= 4 is 46.0 Å². The number of nitrogens with zero attached hydrogens (tertiary/aromatic N) is 4. The second-order valence-corrected chi connectivity index (χ2v) is 10.0. The third-order valence-corrected chi connectivity index (χ3v) is 6.42. The zero-order valence-corrected chi connectivity index (χ0v) is 21.1. The van der Waals surface area contributed by atoms with E-state index in [2.05, 4.69) is 15.3 Å². The number of carbonyl (C=O) groups is 1. The van der Waals surface area contributed by atoms with Gasteiger partial charge >= 0.3 is 5.69 Å². The van der Waals surface area contributed by atoms with Crippen molar-refractivity contribution in [1.82, 2.24) is 19.1 Å². The Balaban J connectivity index is 2.01. The summed E-state index contributed by atoms with van der Waals surface area (Å²) in [5.74, 6) is 0.573. The second kappa shape index (κ2) is 9.18. The first-order chi connectivity index (χ1) is 15.3. The van der Waals surface area contributed by atoms with E-state index < -0.39 is 16.7 Å². The van der Waals surface area contributed by atoms with Crippen molar-refractivity contribution in [1.29, 1.82) is 0 Å². The number of hydrogen-bond acceptors (Lipinski definition) is 7. The maximum Gasteiger partial charge on any atom is 0.332 e. The van der Waals surface area contributed by atoms with E-state index in [0.29, 0.717) is 27.3 Å². The van der Waals surface area contributed by atoms with Crippen LogP contribution in [-0.4, -0.2) is 37.9 Å². The van der Waals surface area contributed by atoms with E-state index in [-0.39, 0.29) is 22.7 Å². The molecule has 0 unspecified atom stereocenters. The molecule has 0 saturated heterocycles. The van der Waals surface area contributed by atoms with Gasteiger partial charge in [-0.05, 0) is 18.6 Å². The van der Waals surface area contributed by atoms with E-state index in [1.54, 1.807) is 19.2 Å². The summed E-state index contributed by atoms with van der Waals surface area (Å²) in [6.07, 6.45) is 0. The molecule has 0 atom stereocenters. The summed E-state index contributed by atoms with van der Waals surface area (Å²) in [6.45, 7) is 7.63. The molecule has 9 nitrogen and oxygen atoms in total. The lowest BCUT2D eigenvalue weighted by Crippen LogP contribution is -2.38. The second-order valence-electron chi connectivity index (χ2n) is 8.65. The number of amides is 1. The highest BCUT2D eigenvalue weighted by Gasteiger charge is 2.24. The fraction of sp³-hybridized carbons (Fsp3) is 0.409. The van der Waals surface area contributed by atoms with Crippen LogP contribution in [0.25, 0.3) is 11.0 Å². The van der Waals surface area contributed by atoms with E-state index >= 15 is 0 Å². The Hall–Kier alpha value is -2.85. The monoisotopic (exact) mass is 491 g/mol. The van der Waals surface area contributed by atoms with Crippen molar-refractivity contribution in [2.24, 2.45) is 14.1 Å². The predicted molar refractivity (Wildman–Crippen MR) is 131 cm³/mol. The molecule has 0 spiro atoms. The lowest BCUT2D eigenvalue weighted by molar-refractivity contribution is -0.113. The Kier molecular flexibility index (Phi) is 6.90. The number of carbonyl (C=O) groups excluding carboxylic acids is 1. The van der Waals surface area contributed by atoms with Crippen LogP contribution in [0.1, 0.15) is 32.2 Å². The Labute approximate surface area is 200 Å². The standard InChI is InChI=1S/C22H26ClN5O4S/c1-11-8-13(14(32-7)9-12(11)23)24-15(29)10-33-18-16-17(25-20(26-18)22(2,3)4)27(5)21(31)28(6)19(16)30/h8-9H,10H2,1-7H3,(H,24,29). The molecule has 176 valence electrons. The summed E-state index contributed by atoms with van der Waals surface area (Å²) in [4.78, 5) is 47.2. The van der Waals surface area contributed by atoms with E-state index in [1.165, 1.54) is 18.7 Å². The van der Waals surface area contributed by atoms with Gasteiger partial charge in [0.15, 0.2) is 5.65 Å². The minimum atomic E-state index is -0.508. The third kappa shape index (κ3) is 4.91. The van der Waals surface area contributed by atoms with Crippen LogP contribution in [0.4, 0.5) is 5.69 Å². The number of thioether (sulfide) groups is 1. The molecule has 0 fully saturated rings. The lowest BCUT2D eigenvalue weighted by Gasteiger charge is -2.19. The van der Waals surface area contributed by atoms with Crippen LogP contribution in [0, 0.1) is 6.92 Å². The van der Waals surface area contributed by atoms with Crippen LogP contribution >= 0.6 is 23.4 Å². The molecule has 11 heteroatoms. The molecule has 3 aromatic rings. The normalized spacial score (nSPS) is 11.6. The van der Waals surface area contributed by atoms with Gasteiger partial charge in [-0.1, -0.05) is 44.1 Å². The third-order valence-electron chi connectivity index (χ3n) is 5.03. The first-order valence-corrected chi connectivity index (χ1v) is 11.5. The van der Waals surface area contributed by atoms with Gasteiger partial charge in [-0.3, -0.25) is 18.7 Å². The van der Waals surface area contributed by atoms with Crippen LogP contribution in [0.3, 0.4) is 0 Å². The molecule has 0 aliphatic rings. The Morgan fingerprint density at radius 1 is 1.18 bits per heavy atom. The number of aromatic nitrogens is 4. The highest BCUT2D eigenvalue weighted by Crippen LogP contribution is 2.32. The van der Waals surface area contributed by atoms with E-state index in [1.807, 2.05) is 27.7 Å². The quantitative estimate of drug-likeness (QED) is 0.431. The number of ether oxygens (including phenoxy) is 1. The zero-order chi connectivity index (χ0) is 24.7. The molecule has 0 bridgehead atoms. The molecule has 0 aliphatic heterocycles. The van der Waals surface area contributed by atoms with Crippen molar-refractivity contribution in [2.45, 2.75) is 38.1 Å². The van der Waals surface area contributed by atoms with Gasteiger partial charge < -0.3 is 10.1 Å². The molecule has 1 amide bonds. The van der Waals surface area contributed by atoms with Crippen molar-refractivity contribution in [2.75, 3.05) is 18.2 Å². The molecule has 0 radical (unpaired) electrons. The first kappa shape index (κ1) is 24.8. The fourth-order valence-electron chi connectivity index (χ4n) is 3.12. The van der Waals surface area contributed by atoms with Gasteiger partial charge in [-0.2, -0.15) is 0 Å². The average molecular weight is 492 g/mol. The largest absolute Gasteiger partial charge is 0.495 e. The summed E-state index contributed by atoms with van der Waals surface area (Å²) >= 11 is 7.24. The summed E-state index contributed by atoms with van der Waals surface area (Å²) in [5.41, 5.74) is 0.0990. The lowest BCUT2D eigenvalue weighted by atomic mass is 9.96. The fourth-order valence-corrected chi connectivity index (χ4v) is 4.09. The Morgan fingerprint density at radius 3 is 2.45 bits per heavy atom. The highest BCUT2D eigenvalue weighted by atomic mass is 35.5.